The fraction of sp³-hybridized carbons (Fsp3) is 0.259. The van der Waals surface area contributed by atoms with Crippen LogP contribution in [0.1, 0.15) is 39.8 Å². The molecule has 0 bridgehead atoms. The van der Waals surface area contributed by atoms with E-state index in [1.54, 1.807) is 57.5 Å². The Hall–Kier alpha value is -4.00. The van der Waals surface area contributed by atoms with Crippen molar-refractivity contribution in [3.63, 3.8) is 0 Å². The first-order valence-electron chi connectivity index (χ1n) is 10.9. The number of nitrogens with zero attached hydrogens (tertiary/aromatic N) is 1. The van der Waals surface area contributed by atoms with Gasteiger partial charge in [-0.25, -0.2) is 0 Å². The molecule has 4 rings (SSSR count). The van der Waals surface area contributed by atoms with E-state index in [4.69, 9.17) is 13.9 Å². The Morgan fingerprint density at radius 2 is 1.76 bits per heavy atom. The Morgan fingerprint density at radius 1 is 1.00 bits per heavy atom. The predicted octanol–water partition coefficient (Wildman–Crippen LogP) is 4.84. The fourth-order valence-electron chi connectivity index (χ4n) is 4.32. The zero-order valence-electron chi connectivity index (χ0n) is 19.8. The number of methoxy groups -OCH3 is 2. The minimum atomic E-state index is -0.873. The van der Waals surface area contributed by atoms with Crippen molar-refractivity contribution in [2.24, 2.45) is 0 Å². The molecular weight excluding hydrogens is 434 g/mol. The van der Waals surface area contributed by atoms with E-state index in [1.165, 1.54) is 4.90 Å². The normalized spacial score (nSPS) is 17.3. The van der Waals surface area contributed by atoms with Gasteiger partial charge in [-0.2, -0.15) is 0 Å². The zero-order valence-corrected chi connectivity index (χ0v) is 19.8. The highest BCUT2D eigenvalue weighted by atomic mass is 16.5. The van der Waals surface area contributed by atoms with E-state index in [1.807, 2.05) is 26.0 Å². The number of ketones is 1. The number of ether oxygens (including phenoxy) is 2. The van der Waals surface area contributed by atoms with Crippen LogP contribution in [0.4, 0.5) is 0 Å². The molecule has 1 aliphatic heterocycles. The van der Waals surface area contributed by atoms with Crippen molar-refractivity contribution in [2.45, 2.75) is 33.4 Å². The number of carbonyl (C=O) groups excluding carboxylic acids is 2. The van der Waals surface area contributed by atoms with Gasteiger partial charge in [0.2, 0.25) is 0 Å². The van der Waals surface area contributed by atoms with E-state index in [2.05, 4.69) is 0 Å². The molecule has 3 aromatic rings. The van der Waals surface area contributed by atoms with E-state index >= 15 is 0 Å². The smallest absolute Gasteiger partial charge is 0.296 e. The fourth-order valence-corrected chi connectivity index (χ4v) is 4.32. The minimum absolute atomic E-state index is 0.00471. The Labute approximate surface area is 198 Å². The maximum Gasteiger partial charge on any atom is 0.296 e. The van der Waals surface area contributed by atoms with Crippen LogP contribution in [-0.2, 0) is 16.1 Å². The van der Waals surface area contributed by atoms with Crippen molar-refractivity contribution in [3.05, 3.63) is 87.9 Å². The summed E-state index contributed by atoms with van der Waals surface area (Å²) in [4.78, 5) is 27.9. The summed E-state index contributed by atoms with van der Waals surface area (Å²) in [5, 5.41) is 11.4. The van der Waals surface area contributed by atoms with Crippen LogP contribution < -0.4 is 9.47 Å². The van der Waals surface area contributed by atoms with Crippen molar-refractivity contribution in [1.29, 1.82) is 0 Å². The van der Waals surface area contributed by atoms with Gasteiger partial charge in [-0.05, 0) is 73.9 Å². The molecule has 1 unspecified atom stereocenters. The van der Waals surface area contributed by atoms with Crippen LogP contribution in [0.5, 0.6) is 11.5 Å². The van der Waals surface area contributed by atoms with Gasteiger partial charge in [0.15, 0.2) is 0 Å². The summed E-state index contributed by atoms with van der Waals surface area (Å²) in [6.07, 6.45) is 0. The highest BCUT2D eigenvalue weighted by Crippen LogP contribution is 2.42. The van der Waals surface area contributed by atoms with Gasteiger partial charge in [0.05, 0.1) is 19.8 Å². The third kappa shape index (κ3) is 4.05. The molecule has 7 nitrogen and oxygen atoms in total. The molecule has 1 aromatic heterocycles. The number of rotatable bonds is 6. The molecule has 0 saturated carbocycles. The van der Waals surface area contributed by atoms with Gasteiger partial charge >= 0.3 is 0 Å². The molecule has 1 fully saturated rings. The summed E-state index contributed by atoms with van der Waals surface area (Å²) in [6, 6.07) is 13.4. The van der Waals surface area contributed by atoms with Crippen LogP contribution in [0.3, 0.4) is 0 Å². The molecule has 1 saturated heterocycles. The van der Waals surface area contributed by atoms with Crippen LogP contribution >= 0.6 is 0 Å². The number of hydrogen-bond donors (Lipinski definition) is 1. The van der Waals surface area contributed by atoms with Gasteiger partial charge in [-0.1, -0.05) is 12.1 Å². The molecule has 2 heterocycles. The first kappa shape index (κ1) is 23.2. The molecule has 0 spiro atoms. The van der Waals surface area contributed by atoms with Crippen LogP contribution in [0.15, 0.2) is 58.5 Å². The molecule has 2 aromatic carbocycles. The van der Waals surface area contributed by atoms with Gasteiger partial charge in [0.25, 0.3) is 11.7 Å². The summed E-state index contributed by atoms with van der Waals surface area (Å²) in [5.74, 6) is 0.657. The van der Waals surface area contributed by atoms with Gasteiger partial charge in [-0.15, -0.1) is 0 Å². The first-order valence-corrected chi connectivity index (χ1v) is 10.9. The van der Waals surface area contributed by atoms with Crippen LogP contribution in [-0.4, -0.2) is 35.9 Å². The molecule has 0 aliphatic carbocycles. The Morgan fingerprint density at radius 3 is 2.41 bits per heavy atom. The minimum Gasteiger partial charge on any atom is -0.507 e. The third-order valence-corrected chi connectivity index (χ3v) is 6.05. The second-order valence-corrected chi connectivity index (χ2v) is 8.36. The van der Waals surface area contributed by atoms with Crippen molar-refractivity contribution in [1.82, 2.24) is 4.90 Å². The lowest BCUT2D eigenvalue weighted by atomic mass is 9.95. The number of benzene rings is 2. The summed E-state index contributed by atoms with van der Waals surface area (Å²) < 4.78 is 16.5. The first-order chi connectivity index (χ1) is 16.2. The van der Waals surface area contributed by atoms with Crippen molar-refractivity contribution < 1.29 is 28.6 Å². The predicted molar refractivity (Wildman–Crippen MR) is 127 cm³/mol. The topological polar surface area (TPSA) is 89.2 Å². The number of amides is 1. The van der Waals surface area contributed by atoms with Crippen LogP contribution in [0.2, 0.25) is 0 Å². The monoisotopic (exact) mass is 461 g/mol. The van der Waals surface area contributed by atoms with Gasteiger partial charge in [0, 0.05) is 12.1 Å². The maximum atomic E-state index is 13.3. The second kappa shape index (κ2) is 9.09. The van der Waals surface area contributed by atoms with Gasteiger partial charge in [0.1, 0.15) is 34.8 Å². The second-order valence-electron chi connectivity index (χ2n) is 8.36. The standard InChI is InChI=1S/C27H27NO6/c1-15-12-22(33-5)16(2)11-20(15)25(29)23-24(21-10-9-17(3)34-21)28(27(31)26(23)30)14-18-7-6-8-19(13-18)32-4/h6-13,24,29H,14H2,1-5H3/b25-23+. The lowest BCUT2D eigenvalue weighted by Gasteiger charge is -2.24. The Bertz CT molecular complexity index is 1300. The number of Topliss-reactive ketones (excluding diaryl/α,β-unsaturated/α-hetero) is 1. The van der Waals surface area contributed by atoms with Crippen LogP contribution in [0.25, 0.3) is 5.76 Å². The van der Waals surface area contributed by atoms with Crippen LogP contribution in [0, 0.1) is 20.8 Å². The Kier molecular flexibility index (Phi) is 6.20. The van der Waals surface area contributed by atoms with Crippen molar-refractivity contribution in [3.8, 4) is 11.5 Å². The number of aliphatic hydroxyl groups is 1. The Balaban J connectivity index is 1.87. The van der Waals surface area contributed by atoms with E-state index in [-0.39, 0.29) is 17.9 Å². The molecule has 1 aliphatic rings. The number of likely N-dealkylation sites (tertiary alicyclic amines) is 1. The highest BCUT2D eigenvalue weighted by Gasteiger charge is 2.47. The van der Waals surface area contributed by atoms with Gasteiger partial charge in [-0.3, -0.25) is 9.59 Å². The summed E-state index contributed by atoms with van der Waals surface area (Å²) in [6.45, 7) is 5.59. The number of carbonyl (C=O) groups is 2. The molecular formula is C27H27NO6. The van der Waals surface area contributed by atoms with E-state index in [9.17, 15) is 14.7 Å². The molecule has 7 heteroatoms. The average Bonchev–Trinajstić information content (AvgIpc) is 3.36. The lowest BCUT2D eigenvalue weighted by Crippen LogP contribution is -2.29. The number of furan rings is 1. The molecule has 0 radical (unpaired) electrons. The van der Waals surface area contributed by atoms with Crippen molar-refractivity contribution in [2.75, 3.05) is 14.2 Å². The lowest BCUT2D eigenvalue weighted by molar-refractivity contribution is -0.140. The van der Waals surface area contributed by atoms with E-state index in [0.717, 1.165) is 11.1 Å². The largest absolute Gasteiger partial charge is 0.507 e. The summed E-state index contributed by atoms with van der Waals surface area (Å²) in [5.41, 5.74) is 2.76. The van der Waals surface area contributed by atoms with E-state index < -0.39 is 17.7 Å². The summed E-state index contributed by atoms with van der Waals surface area (Å²) in [7, 11) is 3.14. The third-order valence-electron chi connectivity index (χ3n) is 6.05. The average molecular weight is 462 g/mol. The molecule has 34 heavy (non-hydrogen) atoms. The zero-order chi connectivity index (χ0) is 24.6. The van der Waals surface area contributed by atoms with Crippen molar-refractivity contribution >= 4 is 17.4 Å². The highest BCUT2D eigenvalue weighted by molar-refractivity contribution is 6.46. The van der Waals surface area contributed by atoms with Gasteiger partial charge < -0.3 is 23.9 Å². The quantitative estimate of drug-likeness (QED) is 0.321. The number of aryl methyl sites for hydroxylation is 3. The summed E-state index contributed by atoms with van der Waals surface area (Å²) >= 11 is 0. The number of hydrogen-bond acceptors (Lipinski definition) is 6. The molecule has 1 amide bonds. The maximum absolute atomic E-state index is 13.3. The number of aliphatic hydroxyl groups excluding tert-OH is 1. The SMILES string of the molecule is COc1cccc(CN2C(=O)C(=O)/C(=C(/O)c3cc(C)c(OC)cc3C)C2c2ccc(C)o2)c1. The van der Waals surface area contributed by atoms with E-state index in [0.29, 0.717) is 34.1 Å². The molecule has 176 valence electrons. The molecule has 1 atom stereocenters. The molecule has 1 N–H and O–H groups in total.